The van der Waals surface area contributed by atoms with E-state index in [4.69, 9.17) is 9.84 Å². The van der Waals surface area contributed by atoms with Crippen LogP contribution in [-0.4, -0.2) is 15.6 Å². The fourth-order valence-electron chi connectivity index (χ4n) is 1.84. The Hall–Kier alpha value is -2.49. The maximum absolute atomic E-state index is 11.2. The van der Waals surface area contributed by atoms with Crippen LogP contribution in [0, 0.1) is 0 Å². The highest BCUT2D eigenvalue weighted by Crippen LogP contribution is 2.16. The molecule has 0 saturated heterocycles. The van der Waals surface area contributed by atoms with Crippen LogP contribution in [0.5, 0.6) is 5.75 Å². The van der Waals surface area contributed by atoms with Crippen molar-refractivity contribution in [1.82, 2.24) is 4.57 Å². The van der Waals surface area contributed by atoms with Gasteiger partial charge in [-0.2, -0.15) is 0 Å². The highest BCUT2D eigenvalue weighted by Gasteiger charge is 2.15. The van der Waals surface area contributed by atoms with Gasteiger partial charge in [-0.25, -0.2) is 4.79 Å². The Morgan fingerprint density at radius 1 is 1.32 bits per heavy atom. The van der Waals surface area contributed by atoms with Gasteiger partial charge in [0.2, 0.25) is 0 Å². The first-order valence-corrected chi connectivity index (χ1v) is 5.92. The van der Waals surface area contributed by atoms with Crippen LogP contribution in [-0.2, 0) is 13.2 Å². The molecule has 0 aliphatic heterocycles. The maximum atomic E-state index is 11.2. The molecule has 19 heavy (non-hydrogen) atoms. The van der Waals surface area contributed by atoms with E-state index in [1.165, 1.54) is 0 Å². The predicted octanol–water partition coefficient (Wildman–Crippen LogP) is 2.95. The van der Waals surface area contributed by atoms with Crippen molar-refractivity contribution in [2.24, 2.45) is 0 Å². The Morgan fingerprint density at radius 2 is 2.05 bits per heavy atom. The average Bonchev–Trinajstić information content (AvgIpc) is 2.81. The highest BCUT2D eigenvalue weighted by atomic mass is 16.5. The van der Waals surface area contributed by atoms with Crippen LogP contribution >= 0.6 is 0 Å². The number of hydrogen-bond acceptors (Lipinski definition) is 2. The van der Waals surface area contributed by atoms with Crippen LogP contribution in [0.3, 0.4) is 0 Å². The van der Waals surface area contributed by atoms with E-state index >= 15 is 0 Å². The molecule has 1 heterocycles. The second-order valence-corrected chi connectivity index (χ2v) is 4.02. The van der Waals surface area contributed by atoms with Crippen LogP contribution in [0.4, 0.5) is 0 Å². The topological polar surface area (TPSA) is 51.5 Å². The fourth-order valence-corrected chi connectivity index (χ4v) is 1.84. The Balaban J connectivity index is 2.20. The van der Waals surface area contributed by atoms with Crippen molar-refractivity contribution in [2.75, 3.05) is 0 Å². The largest absolute Gasteiger partial charge is 0.487 e. The van der Waals surface area contributed by atoms with Gasteiger partial charge in [0.05, 0.1) is 11.3 Å². The van der Waals surface area contributed by atoms with Crippen molar-refractivity contribution >= 4 is 5.97 Å². The Kier molecular flexibility index (Phi) is 4.03. The predicted molar refractivity (Wildman–Crippen MR) is 72.4 cm³/mol. The number of ether oxygens (including phenoxy) is 1. The standard InChI is InChI=1S/C15H15NO3/c1-2-9-16-10-8-13(15(17)18)14(16)11-19-12-6-4-3-5-7-12/h2-8,10H,1,9,11H2,(H,17,18). The Morgan fingerprint density at radius 3 is 2.68 bits per heavy atom. The first-order valence-electron chi connectivity index (χ1n) is 5.92. The molecular weight excluding hydrogens is 242 g/mol. The van der Waals surface area contributed by atoms with Crippen molar-refractivity contribution in [3.63, 3.8) is 0 Å². The number of nitrogens with zero attached hydrogens (tertiary/aromatic N) is 1. The number of carboxylic acids is 1. The summed E-state index contributed by atoms with van der Waals surface area (Å²) in [7, 11) is 0. The van der Waals surface area contributed by atoms with Gasteiger partial charge in [0, 0.05) is 12.7 Å². The zero-order chi connectivity index (χ0) is 13.7. The number of aromatic nitrogens is 1. The number of hydrogen-bond donors (Lipinski definition) is 1. The Labute approximate surface area is 111 Å². The number of carbonyl (C=O) groups is 1. The molecule has 0 aliphatic rings. The molecule has 2 aromatic rings. The lowest BCUT2D eigenvalue weighted by Gasteiger charge is -2.10. The number of carboxylic acid groups (broad SMARTS) is 1. The molecule has 4 heteroatoms. The number of benzene rings is 1. The smallest absolute Gasteiger partial charge is 0.337 e. The second-order valence-electron chi connectivity index (χ2n) is 4.02. The summed E-state index contributed by atoms with van der Waals surface area (Å²) >= 11 is 0. The van der Waals surface area contributed by atoms with Crippen molar-refractivity contribution in [3.05, 3.63) is 66.5 Å². The van der Waals surface area contributed by atoms with Crippen LogP contribution < -0.4 is 4.74 Å². The Bertz CT molecular complexity index is 572. The van der Waals surface area contributed by atoms with Crippen molar-refractivity contribution in [1.29, 1.82) is 0 Å². The zero-order valence-corrected chi connectivity index (χ0v) is 10.5. The summed E-state index contributed by atoms with van der Waals surface area (Å²) in [5, 5.41) is 9.15. The van der Waals surface area contributed by atoms with Gasteiger partial charge in [-0.1, -0.05) is 24.3 Å². The van der Waals surface area contributed by atoms with Gasteiger partial charge in [0.1, 0.15) is 12.4 Å². The molecule has 0 atom stereocenters. The van der Waals surface area contributed by atoms with Gasteiger partial charge in [0.15, 0.2) is 0 Å². The lowest BCUT2D eigenvalue weighted by atomic mass is 10.2. The molecule has 2 rings (SSSR count). The third-order valence-corrected chi connectivity index (χ3v) is 2.75. The highest BCUT2D eigenvalue weighted by molar-refractivity contribution is 5.89. The molecule has 1 aromatic heterocycles. The van der Waals surface area contributed by atoms with Gasteiger partial charge in [0.25, 0.3) is 0 Å². The van der Waals surface area contributed by atoms with E-state index in [2.05, 4.69) is 6.58 Å². The minimum Gasteiger partial charge on any atom is -0.487 e. The third-order valence-electron chi connectivity index (χ3n) is 2.75. The summed E-state index contributed by atoms with van der Waals surface area (Å²) in [5.74, 6) is -0.236. The summed E-state index contributed by atoms with van der Waals surface area (Å²) < 4.78 is 7.43. The van der Waals surface area contributed by atoms with Crippen LogP contribution in [0.2, 0.25) is 0 Å². The van der Waals surface area contributed by atoms with E-state index < -0.39 is 5.97 Å². The zero-order valence-electron chi connectivity index (χ0n) is 10.5. The monoisotopic (exact) mass is 257 g/mol. The molecule has 0 spiro atoms. The number of rotatable bonds is 6. The van der Waals surface area contributed by atoms with E-state index in [-0.39, 0.29) is 12.2 Å². The van der Waals surface area contributed by atoms with Crippen molar-refractivity contribution < 1.29 is 14.6 Å². The van der Waals surface area contributed by atoms with Gasteiger partial charge >= 0.3 is 5.97 Å². The molecule has 4 nitrogen and oxygen atoms in total. The van der Waals surface area contributed by atoms with Crippen molar-refractivity contribution in [2.45, 2.75) is 13.2 Å². The van der Waals surface area contributed by atoms with E-state index in [0.717, 1.165) is 0 Å². The molecule has 98 valence electrons. The van der Waals surface area contributed by atoms with E-state index in [0.29, 0.717) is 18.0 Å². The van der Waals surface area contributed by atoms with Crippen LogP contribution in [0.25, 0.3) is 0 Å². The third kappa shape index (κ3) is 3.04. The van der Waals surface area contributed by atoms with Crippen LogP contribution in [0.15, 0.2) is 55.3 Å². The normalized spacial score (nSPS) is 10.1. The number of aromatic carboxylic acids is 1. The summed E-state index contributed by atoms with van der Waals surface area (Å²) in [4.78, 5) is 11.2. The molecular formula is C15H15NO3. The fraction of sp³-hybridized carbons (Fsp3) is 0.133. The first-order chi connectivity index (χ1) is 9.22. The second kappa shape index (κ2) is 5.91. The number of para-hydroxylation sites is 1. The molecule has 0 radical (unpaired) electrons. The summed E-state index contributed by atoms with van der Waals surface area (Å²) in [5.41, 5.74) is 0.897. The summed E-state index contributed by atoms with van der Waals surface area (Å²) in [6.07, 6.45) is 3.45. The summed E-state index contributed by atoms with van der Waals surface area (Å²) in [6, 6.07) is 10.9. The molecule has 0 unspecified atom stereocenters. The van der Waals surface area contributed by atoms with Gasteiger partial charge in [-0.05, 0) is 18.2 Å². The van der Waals surface area contributed by atoms with E-state index in [1.54, 1.807) is 18.3 Å². The molecule has 0 amide bonds. The number of allylic oxidation sites excluding steroid dienone is 1. The molecule has 0 saturated carbocycles. The lowest BCUT2D eigenvalue weighted by Crippen LogP contribution is -2.09. The van der Waals surface area contributed by atoms with Crippen molar-refractivity contribution in [3.8, 4) is 5.75 Å². The SMILES string of the molecule is C=CCn1ccc(C(=O)O)c1COc1ccccc1. The molecule has 0 aliphatic carbocycles. The summed E-state index contributed by atoms with van der Waals surface area (Å²) in [6.45, 7) is 4.43. The quantitative estimate of drug-likeness (QED) is 0.809. The van der Waals surface area contributed by atoms with E-state index in [9.17, 15) is 4.79 Å². The van der Waals surface area contributed by atoms with Gasteiger partial charge in [-0.15, -0.1) is 6.58 Å². The molecule has 1 aromatic carbocycles. The average molecular weight is 257 g/mol. The van der Waals surface area contributed by atoms with E-state index in [1.807, 2.05) is 34.9 Å². The van der Waals surface area contributed by atoms with Crippen LogP contribution in [0.1, 0.15) is 16.1 Å². The minimum atomic E-state index is -0.950. The minimum absolute atomic E-state index is 0.215. The first kappa shape index (κ1) is 13.0. The van der Waals surface area contributed by atoms with Gasteiger partial charge in [-0.3, -0.25) is 0 Å². The molecule has 1 N–H and O–H groups in total. The molecule has 0 bridgehead atoms. The maximum Gasteiger partial charge on any atom is 0.337 e. The lowest BCUT2D eigenvalue weighted by molar-refractivity contribution is 0.0693. The molecule has 0 fully saturated rings. The van der Waals surface area contributed by atoms with Gasteiger partial charge < -0.3 is 14.4 Å².